The summed E-state index contributed by atoms with van der Waals surface area (Å²) in [7, 11) is 0. The molecule has 0 aromatic heterocycles. The van der Waals surface area contributed by atoms with Gasteiger partial charge in [-0.05, 0) is 26.2 Å². The largest absolute Gasteiger partial charge is 0.342 e. The Balaban J connectivity index is 2.16. The molecule has 2 amide bonds. The van der Waals surface area contributed by atoms with Crippen LogP contribution >= 0.6 is 0 Å². The SMILES string of the molecule is CCCCCN1C(=O)C2(CCCCC2)NC(=O)CC1C. The zero-order valence-corrected chi connectivity index (χ0v) is 12.9. The Morgan fingerprint density at radius 3 is 2.55 bits per heavy atom. The average molecular weight is 280 g/mol. The van der Waals surface area contributed by atoms with E-state index in [0.29, 0.717) is 6.42 Å². The first kappa shape index (κ1) is 15.3. The van der Waals surface area contributed by atoms with Crippen molar-refractivity contribution in [3.05, 3.63) is 0 Å². The molecule has 1 aliphatic heterocycles. The van der Waals surface area contributed by atoms with Gasteiger partial charge < -0.3 is 10.2 Å². The number of amides is 2. The number of nitrogens with zero attached hydrogens (tertiary/aromatic N) is 1. The fraction of sp³-hybridized carbons (Fsp3) is 0.875. The van der Waals surface area contributed by atoms with Crippen molar-refractivity contribution in [2.75, 3.05) is 6.54 Å². The molecule has 0 aromatic rings. The summed E-state index contributed by atoms with van der Waals surface area (Å²) in [6.07, 6.45) is 8.67. The van der Waals surface area contributed by atoms with Crippen LogP contribution in [0.4, 0.5) is 0 Å². The van der Waals surface area contributed by atoms with Crippen LogP contribution in [0.25, 0.3) is 0 Å². The second kappa shape index (κ2) is 6.59. The van der Waals surface area contributed by atoms with E-state index in [0.717, 1.165) is 51.5 Å². The Bertz CT molecular complexity index is 361. The van der Waals surface area contributed by atoms with Gasteiger partial charge >= 0.3 is 0 Å². The van der Waals surface area contributed by atoms with Crippen LogP contribution in [-0.4, -0.2) is 34.8 Å². The molecule has 2 rings (SSSR count). The lowest BCUT2D eigenvalue weighted by Crippen LogP contribution is -2.58. The van der Waals surface area contributed by atoms with Crippen LogP contribution in [0, 0.1) is 0 Å². The predicted molar refractivity (Wildman–Crippen MR) is 79.3 cm³/mol. The van der Waals surface area contributed by atoms with Crippen LogP contribution in [-0.2, 0) is 9.59 Å². The molecule has 1 N–H and O–H groups in total. The van der Waals surface area contributed by atoms with Gasteiger partial charge in [0.05, 0.1) is 0 Å². The van der Waals surface area contributed by atoms with Crippen molar-refractivity contribution < 1.29 is 9.59 Å². The lowest BCUT2D eigenvalue weighted by atomic mass is 9.80. The van der Waals surface area contributed by atoms with Crippen molar-refractivity contribution in [3.8, 4) is 0 Å². The standard InChI is InChI=1S/C16H28N2O2/c1-3-4-8-11-18-13(2)12-14(19)17-16(15(18)20)9-6-5-7-10-16/h13H,3-12H2,1-2H3,(H,17,19). The van der Waals surface area contributed by atoms with E-state index in [-0.39, 0.29) is 17.9 Å². The summed E-state index contributed by atoms with van der Waals surface area (Å²) < 4.78 is 0. The van der Waals surface area contributed by atoms with E-state index in [1.807, 2.05) is 11.8 Å². The third kappa shape index (κ3) is 3.15. The molecule has 114 valence electrons. The summed E-state index contributed by atoms with van der Waals surface area (Å²) in [5.41, 5.74) is -0.591. The molecule has 1 spiro atoms. The molecule has 4 heteroatoms. The van der Waals surface area contributed by atoms with Crippen LogP contribution in [0.5, 0.6) is 0 Å². The molecule has 1 saturated carbocycles. The molecule has 2 fully saturated rings. The highest BCUT2D eigenvalue weighted by Gasteiger charge is 2.46. The zero-order chi connectivity index (χ0) is 14.6. The number of nitrogens with one attached hydrogen (secondary N) is 1. The Labute approximate surface area is 122 Å². The predicted octanol–water partition coefficient (Wildman–Crippen LogP) is 2.62. The lowest BCUT2D eigenvalue weighted by molar-refractivity contribution is -0.141. The maximum atomic E-state index is 13.0. The Hall–Kier alpha value is -1.06. The summed E-state index contributed by atoms with van der Waals surface area (Å²) in [5, 5.41) is 3.06. The molecule has 1 heterocycles. The van der Waals surface area contributed by atoms with Gasteiger partial charge in [0.1, 0.15) is 5.54 Å². The minimum atomic E-state index is -0.591. The molecular weight excluding hydrogens is 252 g/mol. The summed E-state index contributed by atoms with van der Waals surface area (Å²) >= 11 is 0. The number of carbonyl (C=O) groups is 2. The van der Waals surface area contributed by atoms with Crippen LogP contribution < -0.4 is 5.32 Å². The molecule has 1 saturated heterocycles. The monoisotopic (exact) mass is 280 g/mol. The van der Waals surface area contributed by atoms with Crippen molar-refractivity contribution in [1.82, 2.24) is 10.2 Å². The van der Waals surface area contributed by atoms with E-state index in [9.17, 15) is 9.59 Å². The molecule has 4 nitrogen and oxygen atoms in total. The third-order valence-corrected chi connectivity index (χ3v) is 4.77. The lowest BCUT2D eigenvalue weighted by Gasteiger charge is -2.39. The first-order valence-electron chi connectivity index (χ1n) is 8.21. The van der Waals surface area contributed by atoms with Crippen molar-refractivity contribution >= 4 is 11.8 Å². The van der Waals surface area contributed by atoms with Gasteiger partial charge in [0.2, 0.25) is 11.8 Å². The number of carbonyl (C=O) groups excluding carboxylic acids is 2. The van der Waals surface area contributed by atoms with E-state index in [4.69, 9.17) is 0 Å². The van der Waals surface area contributed by atoms with Gasteiger partial charge in [0, 0.05) is 19.0 Å². The van der Waals surface area contributed by atoms with Gasteiger partial charge in [-0.25, -0.2) is 0 Å². The van der Waals surface area contributed by atoms with E-state index < -0.39 is 5.54 Å². The molecule has 1 unspecified atom stereocenters. The van der Waals surface area contributed by atoms with Crippen LogP contribution in [0.1, 0.15) is 71.6 Å². The second-order valence-electron chi connectivity index (χ2n) is 6.45. The normalized spacial score (nSPS) is 26.5. The fourth-order valence-corrected chi connectivity index (χ4v) is 3.57. The molecule has 0 radical (unpaired) electrons. The molecular formula is C16H28N2O2. The number of unbranched alkanes of at least 4 members (excludes halogenated alkanes) is 2. The molecule has 20 heavy (non-hydrogen) atoms. The molecule has 0 bridgehead atoms. The summed E-state index contributed by atoms with van der Waals surface area (Å²) in [5.74, 6) is 0.220. The molecule has 1 atom stereocenters. The molecule has 2 aliphatic rings. The van der Waals surface area contributed by atoms with Crippen molar-refractivity contribution in [2.24, 2.45) is 0 Å². The highest BCUT2D eigenvalue weighted by molar-refractivity contribution is 5.94. The van der Waals surface area contributed by atoms with Gasteiger partial charge in [-0.2, -0.15) is 0 Å². The maximum absolute atomic E-state index is 13.0. The zero-order valence-electron chi connectivity index (χ0n) is 12.9. The Kier molecular flexibility index (Phi) is 5.06. The van der Waals surface area contributed by atoms with Gasteiger partial charge in [-0.3, -0.25) is 9.59 Å². The Morgan fingerprint density at radius 1 is 1.20 bits per heavy atom. The van der Waals surface area contributed by atoms with Crippen LogP contribution in [0.2, 0.25) is 0 Å². The third-order valence-electron chi connectivity index (χ3n) is 4.77. The quantitative estimate of drug-likeness (QED) is 0.805. The smallest absolute Gasteiger partial charge is 0.248 e. The molecule has 1 aliphatic carbocycles. The average Bonchev–Trinajstić information content (AvgIpc) is 2.50. The van der Waals surface area contributed by atoms with Crippen LogP contribution in [0.3, 0.4) is 0 Å². The Morgan fingerprint density at radius 2 is 1.90 bits per heavy atom. The van der Waals surface area contributed by atoms with Crippen molar-refractivity contribution in [1.29, 1.82) is 0 Å². The highest BCUT2D eigenvalue weighted by atomic mass is 16.2. The maximum Gasteiger partial charge on any atom is 0.248 e. The second-order valence-corrected chi connectivity index (χ2v) is 6.45. The first-order valence-corrected chi connectivity index (χ1v) is 8.21. The van der Waals surface area contributed by atoms with E-state index in [1.165, 1.54) is 6.42 Å². The van der Waals surface area contributed by atoms with Crippen molar-refractivity contribution in [2.45, 2.75) is 83.2 Å². The first-order chi connectivity index (χ1) is 9.59. The van der Waals surface area contributed by atoms with E-state index in [1.54, 1.807) is 0 Å². The van der Waals surface area contributed by atoms with Gasteiger partial charge in [0.15, 0.2) is 0 Å². The fourth-order valence-electron chi connectivity index (χ4n) is 3.57. The summed E-state index contributed by atoms with van der Waals surface area (Å²) in [6.45, 7) is 4.97. The van der Waals surface area contributed by atoms with Gasteiger partial charge in [-0.15, -0.1) is 0 Å². The number of hydrogen-bond donors (Lipinski definition) is 1. The van der Waals surface area contributed by atoms with E-state index in [2.05, 4.69) is 12.2 Å². The minimum Gasteiger partial charge on any atom is -0.342 e. The number of rotatable bonds is 4. The van der Waals surface area contributed by atoms with Crippen molar-refractivity contribution in [3.63, 3.8) is 0 Å². The topological polar surface area (TPSA) is 49.4 Å². The van der Waals surface area contributed by atoms with Gasteiger partial charge in [0.25, 0.3) is 0 Å². The number of hydrogen-bond acceptors (Lipinski definition) is 2. The van der Waals surface area contributed by atoms with Gasteiger partial charge in [-0.1, -0.05) is 39.0 Å². The summed E-state index contributed by atoms with van der Waals surface area (Å²) in [4.78, 5) is 27.1. The van der Waals surface area contributed by atoms with E-state index >= 15 is 0 Å². The summed E-state index contributed by atoms with van der Waals surface area (Å²) in [6, 6.07) is 0.0284. The van der Waals surface area contributed by atoms with Crippen LogP contribution in [0.15, 0.2) is 0 Å². The molecule has 0 aromatic carbocycles. The highest BCUT2D eigenvalue weighted by Crippen LogP contribution is 2.32. The minimum absolute atomic E-state index is 0.0284.